The number of benzene rings is 1. The summed E-state index contributed by atoms with van der Waals surface area (Å²) >= 11 is 0. The second kappa shape index (κ2) is 6.33. The van der Waals surface area contributed by atoms with Crippen LogP contribution in [0.2, 0.25) is 0 Å². The predicted octanol–water partition coefficient (Wildman–Crippen LogP) is 3.29. The van der Waals surface area contributed by atoms with E-state index in [2.05, 4.69) is 0 Å². The summed E-state index contributed by atoms with van der Waals surface area (Å²) in [6.45, 7) is -0.153. The summed E-state index contributed by atoms with van der Waals surface area (Å²) in [5.41, 5.74) is -2.16. The number of aliphatic carboxylic acids is 1. The molecule has 1 aromatic carbocycles. The van der Waals surface area contributed by atoms with Crippen molar-refractivity contribution in [2.45, 2.75) is 50.0 Å². The van der Waals surface area contributed by atoms with Gasteiger partial charge in [0.15, 0.2) is 6.04 Å². The van der Waals surface area contributed by atoms with E-state index in [9.17, 15) is 27.9 Å². The fourth-order valence-electron chi connectivity index (χ4n) is 3.63. The number of alkyl halides is 3. The van der Waals surface area contributed by atoms with Gasteiger partial charge in [0, 0.05) is 5.56 Å². The highest BCUT2D eigenvalue weighted by Gasteiger charge is 2.53. The Hall–Kier alpha value is -2.09. The fourth-order valence-corrected chi connectivity index (χ4v) is 3.63. The van der Waals surface area contributed by atoms with E-state index in [1.807, 2.05) is 0 Å². The zero-order valence-corrected chi connectivity index (χ0v) is 13.4. The van der Waals surface area contributed by atoms with Gasteiger partial charge in [-0.25, -0.2) is 4.79 Å². The van der Waals surface area contributed by atoms with Crippen LogP contribution in [0, 0.1) is 0 Å². The van der Waals surface area contributed by atoms with E-state index >= 15 is 0 Å². The molecule has 1 aliphatic carbocycles. The smallest absolute Gasteiger partial charge is 0.416 e. The van der Waals surface area contributed by atoms with E-state index in [0.29, 0.717) is 12.8 Å². The molecule has 136 valence electrons. The lowest BCUT2D eigenvalue weighted by atomic mass is 9.89. The first-order chi connectivity index (χ1) is 11.7. The zero-order valence-electron chi connectivity index (χ0n) is 13.4. The lowest BCUT2D eigenvalue weighted by Gasteiger charge is -2.41. The van der Waals surface area contributed by atoms with Crippen LogP contribution in [-0.2, 0) is 15.7 Å². The van der Waals surface area contributed by atoms with Crippen LogP contribution < -0.4 is 0 Å². The van der Waals surface area contributed by atoms with Gasteiger partial charge in [-0.3, -0.25) is 9.69 Å². The average molecular weight is 357 g/mol. The summed E-state index contributed by atoms with van der Waals surface area (Å²) in [6.07, 6.45) is -1.10. The molecule has 1 aliphatic heterocycles. The highest BCUT2D eigenvalue weighted by atomic mass is 19.4. The third-order valence-electron chi connectivity index (χ3n) is 4.84. The Morgan fingerprint density at radius 2 is 1.88 bits per heavy atom. The summed E-state index contributed by atoms with van der Waals surface area (Å²) in [5.74, 6) is -1.96. The second-order valence-corrected chi connectivity index (χ2v) is 6.43. The van der Waals surface area contributed by atoms with Gasteiger partial charge in [0.25, 0.3) is 5.91 Å². The van der Waals surface area contributed by atoms with Crippen molar-refractivity contribution >= 4 is 11.9 Å². The summed E-state index contributed by atoms with van der Waals surface area (Å²) in [5, 5.41) is 9.42. The molecule has 1 N–H and O–H groups in total. The minimum atomic E-state index is -4.58. The number of amides is 1. The van der Waals surface area contributed by atoms with Crippen molar-refractivity contribution in [3.05, 3.63) is 35.4 Å². The topological polar surface area (TPSA) is 66.8 Å². The summed E-state index contributed by atoms with van der Waals surface area (Å²) in [6, 6.07) is 2.86. The molecule has 1 atom stereocenters. The van der Waals surface area contributed by atoms with E-state index in [1.165, 1.54) is 6.07 Å². The first-order valence-electron chi connectivity index (χ1n) is 8.12. The predicted molar refractivity (Wildman–Crippen MR) is 80.8 cm³/mol. The molecule has 0 aromatic heterocycles. The molecule has 25 heavy (non-hydrogen) atoms. The number of hydrogen-bond donors (Lipinski definition) is 1. The minimum Gasteiger partial charge on any atom is -0.480 e. The van der Waals surface area contributed by atoms with Crippen molar-refractivity contribution in [1.82, 2.24) is 4.90 Å². The Morgan fingerprint density at radius 1 is 1.20 bits per heavy atom. The lowest BCUT2D eigenvalue weighted by molar-refractivity contribution is -0.143. The number of carbonyl (C=O) groups excluding carboxylic acids is 1. The minimum absolute atomic E-state index is 0.153. The lowest BCUT2D eigenvalue weighted by Crippen LogP contribution is -2.54. The van der Waals surface area contributed by atoms with Crippen molar-refractivity contribution < 1.29 is 32.6 Å². The Morgan fingerprint density at radius 3 is 2.48 bits per heavy atom. The molecule has 8 heteroatoms. The quantitative estimate of drug-likeness (QED) is 0.882. The average Bonchev–Trinajstić information content (AvgIpc) is 2.93. The first-order valence-corrected chi connectivity index (χ1v) is 8.12. The highest BCUT2D eigenvalue weighted by Crippen LogP contribution is 2.41. The van der Waals surface area contributed by atoms with Crippen molar-refractivity contribution in [2.75, 3.05) is 6.61 Å². The van der Waals surface area contributed by atoms with Crippen LogP contribution in [-0.4, -0.2) is 40.3 Å². The maximum absolute atomic E-state index is 12.9. The van der Waals surface area contributed by atoms with Crippen LogP contribution in [0.25, 0.3) is 0 Å². The van der Waals surface area contributed by atoms with Gasteiger partial charge in [0.05, 0.1) is 12.2 Å². The molecule has 5 nitrogen and oxygen atoms in total. The largest absolute Gasteiger partial charge is 0.480 e. The first kappa shape index (κ1) is 17.7. The number of halogens is 3. The maximum atomic E-state index is 12.9. The van der Waals surface area contributed by atoms with E-state index in [0.717, 1.165) is 42.4 Å². The second-order valence-electron chi connectivity index (χ2n) is 6.43. The van der Waals surface area contributed by atoms with Crippen LogP contribution in [0.15, 0.2) is 24.3 Å². The van der Waals surface area contributed by atoms with E-state index in [-0.39, 0.29) is 12.2 Å². The maximum Gasteiger partial charge on any atom is 0.416 e. The third-order valence-corrected chi connectivity index (χ3v) is 4.84. The Balaban J connectivity index is 1.98. The van der Waals surface area contributed by atoms with Gasteiger partial charge in [-0.2, -0.15) is 13.2 Å². The van der Waals surface area contributed by atoms with Gasteiger partial charge in [-0.05, 0) is 43.9 Å². The molecule has 0 radical (unpaired) electrons. The fraction of sp³-hybridized carbons (Fsp3) is 0.529. The van der Waals surface area contributed by atoms with E-state index in [1.54, 1.807) is 0 Å². The highest BCUT2D eigenvalue weighted by molar-refractivity contribution is 5.97. The van der Waals surface area contributed by atoms with Crippen LogP contribution in [0.4, 0.5) is 13.2 Å². The van der Waals surface area contributed by atoms with Crippen molar-refractivity contribution in [3.8, 4) is 0 Å². The Kier molecular flexibility index (Phi) is 4.49. The molecule has 1 saturated carbocycles. The summed E-state index contributed by atoms with van der Waals surface area (Å²) < 4.78 is 44.5. The molecule has 1 heterocycles. The Labute approximate surface area is 142 Å². The number of nitrogens with zero attached hydrogens (tertiary/aromatic N) is 1. The monoisotopic (exact) mass is 357 g/mol. The molecule has 0 bridgehead atoms. The van der Waals surface area contributed by atoms with Gasteiger partial charge in [-0.1, -0.05) is 12.5 Å². The normalized spacial score (nSPS) is 23.0. The number of ether oxygens (including phenoxy) is 1. The molecule has 1 spiro atoms. The number of rotatable bonds is 2. The Bertz CT molecular complexity index is 683. The molecule has 1 amide bonds. The van der Waals surface area contributed by atoms with Crippen LogP contribution >= 0.6 is 0 Å². The van der Waals surface area contributed by atoms with Crippen molar-refractivity contribution in [2.24, 2.45) is 0 Å². The molecule has 2 aliphatic rings. The van der Waals surface area contributed by atoms with Crippen LogP contribution in [0.5, 0.6) is 0 Å². The summed E-state index contributed by atoms with van der Waals surface area (Å²) in [7, 11) is 0. The van der Waals surface area contributed by atoms with Crippen LogP contribution in [0.1, 0.15) is 48.0 Å². The molecule has 2 fully saturated rings. The number of hydrogen-bond acceptors (Lipinski definition) is 3. The molecule has 1 aromatic rings. The van der Waals surface area contributed by atoms with E-state index < -0.39 is 35.4 Å². The number of carbonyl (C=O) groups is 2. The van der Waals surface area contributed by atoms with Gasteiger partial charge < -0.3 is 9.84 Å². The molecular weight excluding hydrogens is 339 g/mol. The van der Waals surface area contributed by atoms with Crippen LogP contribution in [0.3, 0.4) is 0 Å². The van der Waals surface area contributed by atoms with Gasteiger partial charge >= 0.3 is 12.1 Å². The molecule has 0 unspecified atom stereocenters. The summed E-state index contributed by atoms with van der Waals surface area (Å²) in [4.78, 5) is 25.6. The van der Waals surface area contributed by atoms with Crippen molar-refractivity contribution in [3.63, 3.8) is 0 Å². The standard InChI is InChI=1S/C17H18F3NO4/c18-17(19,20)12-6-4-5-11(9-12)14(22)21-13(15(23)24)10-25-16(21)7-2-1-3-8-16/h4-6,9,13H,1-3,7-8,10H2,(H,23,24)/t13-/m1/s1. The van der Waals surface area contributed by atoms with Gasteiger partial charge in [0.2, 0.25) is 0 Å². The molecular formula is C17H18F3NO4. The molecule has 1 saturated heterocycles. The van der Waals surface area contributed by atoms with Gasteiger partial charge in [-0.15, -0.1) is 0 Å². The molecule has 3 rings (SSSR count). The van der Waals surface area contributed by atoms with Gasteiger partial charge in [0.1, 0.15) is 5.72 Å². The van der Waals surface area contributed by atoms with E-state index in [4.69, 9.17) is 4.74 Å². The number of carboxylic acid groups (broad SMARTS) is 1. The van der Waals surface area contributed by atoms with Crippen molar-refractivity contribution in [1.29, 1.82) is 0 Å². The third kappa shape index (κ3) is 3.22. The number of carboxylic acids is 1. The zero-order chi connectivity index (χ0) is 18.2. The SMILES string of the molecule is O=C(O)[C@H]1COC2(CCCCC2)N1C(=O)c1cccc(C(F)(F)F)c1.